The first-order chi connectivity index (χ1) is 11.6. The highest BCUT2D eigenvalue weighted by atomic mass is 19.1. The summed E-state index contributed by atoms with van der Waals surface area (Å²) in [5.41, 5.74) is 7.55. The number of aromatic nitrogens is 1. The van der Waals surface area contributed by atoms with Crippen molar-refractivity contribution in [1.29, 1.82) is 0 Å². The van der Waals surface area contributed by atoms with Gasteiger partial charge >= 0.3 is 0 Å². The van der Waals surface area contributed by atoms with E-state index in [1.165, 1.54) is 16.7 Å². The first-order valence-corrected chi connectivity index (χ1v) is 7.84. The Labute approximate surface area is 138 Å². The lowest BCUT2D eigenvalue weighted by molar-refractivity contribution is 0.281. The molecule has 0 amide bonds. The summed E-state index contributed by atoms with van der Waals surface area (Å²) in [5.74, 6) is -0.104. The molecule has 4 rings (SSSR count). The molecule has 3 N–H and O–H groups in total. The summed E-state index contributed by atoms with van der Waals surface area (Å²) in [4.78, 5) is 12.8. The van der Waals surface area contributed by atoms with Gasteiger partial charge in [0.1, 0.15) is 5.82 Å². The van der Waals surface area contributed by atoms with E-state index >= 15 is 0 Å². The largest absolute Gasteiger partial charge is 0.397 e. The maximum atomic E-state index is 14.6. The fraction of sp³-hybridized carbons (Fsp3) is 0.211. The number of aliphatic hydroxyl groups is 1. The maximum absolute atomic E-state index is 14.6. The zero-order chi connectivity index (χ0) is 16.8. The summed E-state index contributed by atoms with van der Waals surface area (Å²) in [6.45, 7) is -0.287. The van der Waals surface area contributed by atoms with Gasteiger partial charge in [0.2, 0.25) is 0 Å². The molecule has 3 aromatic rings. The van der Waals surface area contributed by atoms with Gasteiger partial charge in [-0.1, -0.05) is 6.07 Å². The first-order valence-electron chi connectivity index (χ1n) is 7.84. The summed E-state index contributed by atoms with van der Waals surface area (Å²) in [6, 6.07) is 11.0. The molecule has 1 heterocycles. The molecule has 1 aliphatic rings. The molecule has 0 spiro atoms. The van der Waals surface area contributed by atoms with E-state index in [-0.39, 0.29) is 12.0 Å². The van der Waals surface area contributed by atoms with Crippen molar-refractivity contribution in [1.82, 2.24) is 4.57 Å². The monoisotopic (exact) mass is 323 g/mol. The Bertz CT molecular complexity index is 1010. The van der Waals surface area contributed by atoms with Crippen molar-refractivity contribution in [3.8, 4) is 5.69 Å². The highest BCUT2D eigenvalue weighted by molar-refractivity contribution is 5.83. The molecule has 5 heteroatoms. The number of fused-ring (bicyclic) bond motifs is 1. The minimum atomic E-state index is -0.514. The maximum Gasteiger partial charge on any atom is 0.266 e. The van der Waals surface area contributed by atoms with Gasteiger partial charge in [0, 0.05) is 11.8 Å². The van der Waals surface area contributed by atoms with Crippen molar-refractivity contribution < 1.29 is 9.50 Å². The van der Waals surface area contributed by atoms with Crippen molar-refractivity contribution in [3.05, 3.63) is 69.9 Å². The Balaban J connectivity index is 1.99. The molecule has 0 bridgehead atoms. The Morgan fingerprint density at radius 1 is 1.33 bits per heavy atom. The van der Waals surface area contributed by atoms with Gasteiger partial charge in [0.05, 0.1) is 23.4 Å². The van der Waals surface area contributed by atoms with Crippen LogP contribution in [0.2, 0.25) is 0 Å². The van der Waals surface area contributed by atoms with Gasteiger partial charge in [-0.15, -0.1) is 0 Å². The quantitative estimate of drug-likeness (QED) is 0.728. The SMILES string of the molecule is Nc1c[c]cc(CO)c1-n1ccc2cc(C3CC3)cc(F)c2c1=O. The van der Waals surface area contributed by atoms with Gasteiger partial charge in [-0.3, -0.25) is 9.36 Å². The predicted molar refractivity (Wildman–Crippen MR) is 90.6 cm³/mol. The van der Waals surface area contributed by atoms with Crippen molar-refractivity contribution in [2.24, 2.45) is 0 Å². The third-order valence-electron chi connectivity index (χ3n) is 4.51. The highest BCUT2D eigenvalue weighted by Gasteiger charge is 2.25. The number of nitrogens with two attached hydrogens (primary N) is 1. The second-order valence-electron chi connectivity index (χ2n) is 6.17. The van der Waals surface area contributed by atoms with Crippen LogP contribution in [0, 0.1) is 11.9 Å². The summed E-state index contributed by atoms with van der Waals surface area (Å²) in [7, 11) is 0. The molecule has 1 saturated carbocycles. The van der Waals surface area contributed by atoms with Gasteiger partial charge in [-0.05, 0) is 60.0 Å². The fourth-order valence-electron chi connectivity index (χ4n) is 3.15. The number of pyridine rings is 1. The number of aliphatic hydroxyl groups excluding tert-OH is 1. The van der Waals surface area contributed by atoms with Crippen LogP contribution >= 0.6 is 0 Å². The Morgan fingerprint density at radius 2 is 2.12 bits per heavy atom. The standard InChI is InChI=1S/C19H16FN2O2/c20-15-9-14(11-4-5-11)8-12-6-7-22(19(24)17(12)15)18-13(10-23)2-1-3-16(18)21/h2-3,6-9,11,23H,4-5,10,21H2. The van der Waals surface area contributed by atoms with Crippen LogP contribution in [0.25, 0.3) is 16.5 Å². The molecular formula is C19H16FN2O2. The summed E-state index contributed by atoms with van der Waals surface area (Å²) < 4.78 is 15.9. The van der Waals surface area contributed by atoms with Crippen LogP contribution in [0.15, 0.2) is 41.3 Å². The average Bonchev–Trinajstić information content (AvgIpc) is 3.40. The molecular weight excluding hydrogens is 307 g/mol. The minimum absolute atomic E-state index is 0.0398. The Kier molecular flexibility index (Phi) is 3.39. The minimum Gasteiger partial charge on any atom is -0.397 e. The average molecular weight is 323 g/mol. The van der Waals surface area contributed by atoms with Crippen molar-refractivity contribution in [3.63, 3.8) is 0 Å². The first kappa shape index (κ1) is 14.9. The number of halogens is 1. The normalized spacial score (nSPS) is 14.2. The third-order valence-corrected chi connectivity index (χ3v) is 4.51. The number of hydrogen-bond acceptors (Lipinski definition) is 3. The smallest absolute Gasteiger partial charge is 0.266 e. The van der Waals surface area contributed by atoms with E-state index in [1.807, 2.05) is 6.07 Å². The topological polar surface area (TPSA) is 68.2 Å². The molecule has 1 radical (unpaired) electrons. The van der Waals surface area contributed by atoms with E-state index in [1.54, 1.807) is 18.3 Å². The number of nitrogens with zero attached hydrogens (tertiary/aromatic N) is 1. The van der Waals surface area contributed by atoms with E-state index in [0.717, 1.165) is 18.4 Å². The second kappa shape index (κ2) is 5.46. The number of nitrogen functional groups attached to an aromatic ring is 1. The van der Waals surface area contributed by atoms with Gasteiger partial charge in [-0.2, -0.15) is 0 Å². The number of rotatable bonds is 3. The second-order valence-corrected chi connectivity index (χ2v) is 6.17. The molecule has 2 aromatic carbocycles. The number of benzene rings is 2. The zero-order valence-corrected chi connectivity index (χ0v) is 12.9. The molecule has 1 aliphatic carbocycles. The van der Waals surface area contributed by atoms with Crippen LogP contribution in [-0.2, 0) is 6.61 Å². The van der Waals surface area contributed by atoms with Crippen molar-refractivity contribution >= 4 is 16.5 Å². The molecule has 24 heavy (non-hydrogen) atoms. The lowest BCUT2D eigenvalue weighted by atomic mass is 10.0. The van der Waals surface area contributed by atoms with Crippen molar-refractivity contribution in [2.75, 3.05) is 5.73 Å². The molecule has 121 valence electrons. The summed E-state index contributed by atoms with van der Waals surface area (Å²) in [6.07, 6.45) is 3.71. The van der Waals surface area contributed by atoms with Crippen molar-refractivity contribution in [2.45, 2.75) is 25.4 Å². The van der Waals surface area contributed by atoms with Gasteiger partial charge < -0.3 is 10.8 Å². The van der Waals surface area contributed by atoms with Gasteiger partial charge in [-0.25, -0.2) is 4.39 Å². The van der Waals surface area contributed by atoms with E-state index < -0.39 is 11.4 Å². The van der Waals surface area contributed by atoms with E-state index in [4.69, 9.17) is 5.73 Å². The fourth-order valence-corrected chi connectivity index (χ4v) is 3.15. The number of hydrogen-bond donors (Lipinski definition) is 2. The third kappa shape index (κ3) is 2.29. The van der Waals surface area contributed by atoms with E-state index in [9.17, 15) is 14.3 Å². The van der Waals surface area contributed by atoms with Gasteiger partial charge in [0.15, 0.2) is 0 Å². The molecule has 4 nitrogen and oxygen atoms in total. The van der Waals surface area contributed by atoms with Gasteiger partial charge in [0.25, 0.3) is 5.56 Å². The highest BCUT2D eigenvalue weighted by Crippen LogP contribution is 2.41. The lowest BCUT2D eigenvalue weighted by Crippen LogP contribution is -2.21. The number of anilines is 1. The zero-order valence-electron chi connectivity index (χ0n) is 12.9. The molecule has 0 saturated heterocycles. The van der Waals surface area contributed by atoms with Crippen LogP contribution < -0.4 is 11.3 Å². The molecule has 0 aliphatic heterocycles. The van der Waals surface area contributed by atoms with E-state index in [2.05, 4.69) is 6.07 Å². The van der Waals surface area contributed by atoms with Crippen LogP contribution in [0.1, 0.15) is 29.9 Å². The Morgan fingerprint density at radius 3 is 2.83 bits per heavy atom. The van der Waals surface area contributed by atoms with Crippen LogP contribution in [0.3, 0.4) is 0 Å². The summed E-state index contributed by atoms with van der Waals surface area (Å²) >= 11 is 0. The van der Waals surface area contributed by atoms with Crippen LogP contribution in [0.4, 0.5) is 10.1 Å². The van der Waals surface area contributed by atoms with E-state index in [0.29, 0.717) is 28.2 Å². The lowest BCUT2D eigenvalue weighted by Gasteiger charge is -2.14. The summed E-state index contributed by atoms with van der Waals surface area (Å²) in [5, 5.41) is 10.1. The molecule has 0 atom stereocenters. The predicted octanol–water partition coefficient (Wildman–Crippen LogP) is 2.88. The van der Waals surface area contributed by atoms with Crippen LogP contribution in [0.5, 0.6) is 0 Å². The molecule has 1 fully saturated rings. The molecule has 1 aromatic heterocycles. The molecule has 0 unspecified atom stereocenters. The Hall–Kier alpha value is -2.66. The van der Waals surface area contributed by atoms with Crippen LogP contribution in [-0.4, -0.2) is 9.67 Å².